The highest BCUT2D eigenvalue weighted by Crippen LogP contribution is 2.50. The van der Waals surface area contributed by atoms with Crippen LogP contribution in [0.4, 0.5) is 10.2 Å². The molecule has 0 saturated carbocycles. The molecule has 0 saturated heterocycles. The lowest BCUT2D eigenvalue weighted by Crippen LogP contribution is -2.27. The van der Waals surface area contributed by atoms with E-state index in [-0.39, 0.29) is 17.4 Å². The van der Waals surface area contributed by atoms with Crippen molar-refractivity contribution in [3.8, 4) is 5.75 Å². The molecule has 2 atom stereocenters. The Kier molecular flexibility index (Phi) is 4.67. The molecule has 0 spiro atoms. The lowest BCUT2D eigenvalue weighted by Gasteiger charge is -2.37. The molecule has 5 heteroatoms. The zero-order chi connectivity index (χ0) is 19.8. The van der Waals surface area contributed by atoms with Gasteiger partial charge in [-0.2, -0.15) is 0 Å². The summed E-state index contributed by atoms with van der Waals surface area (Å²) in [4.78, 5) is 15.7. The van der Waals surface area contributed by atoms with E-state index in [9.17, 15) is 9.32 Å². The van der Waals surface area contributed by atoms with Gasteiger partial charge in [-0.1, -0.05) is 29.8 Å². The Balaban J connectivity index is 1.97. The predicted octanol–water partition coefficient (Wildman–Crippen LogP) is 5.45. The lowest BCUT2D eigenvalue weighted by molar-refractivity contribution is -0.0789. The molecule has 1 N–H and O–H groups in total. The van der Waals surface area contributed by atoms with Crippen LogP contribution < -0.4 is 10.1 Å². The van der Waals surface area contributed by atoms with Gasteiger partial charge in [0.25, 0.3) is 0 Å². The van der Waals surface area contributed by atoms with Crippen molar-refractivity contribution in [2.75, 3.05) is 12.4 Å². The minimum absolute atomic E-state index is 0.0605. The SMILES string of the molecule is CNc1cc2c(cc1C)C(c1ccccc1C(=O)OF)C1C=C(C)CC=C1O2. The van der Waals surface area contributed by atoms with Crippen LogP contribution in [0.1, 0.15) is 46.3 Å². The molecular formula is C23H22FNO3. The second-order valence-corrected chi connectivity index (χ2v) is 7.34. The van der Waals surface area contributed by atoms with Gasteiger partial charge in [0, 0.05) is 40.7 Å². The topological polar surface area (TPSA) is 47.6 Å². The molecule has 4 rings (SSSR count). The third-order valence-electron chi connectivity index (χ3n) is 5.55. The van der Waals surface area contributed by atoms with E-state index < -0.39 is 5.97 Å². The van der Waals surface area contributed by atoms with Crippen molar-refractivity contribution >= 4 is 11.7 Å². The molecule has 1 heterocycles. The lowest BCUT2D eigenvalue weighted by atomic mass is 9.73. The van der Waals surface area contributed by atoms with Gasteiger partial charge in [0.1, 0.15) is 11.5 Å². The van der Waals surface area contributed by atoms with Crippen LogP contribution >= 0.6 is 0 Å². The third kappa shape index (κ3) is 2.97. The number of nitrogens with one attached hydrogen (secondary N) is 1. The Morgan fingerprint density at radius 2 is 2.00 bits per heavy atom. The van der Waals surface area contributed by atoms with Gasteiger partial charge in [0.15, 0.2) is 0 Å². The second-order valence-electron chi connectivity index (χ2n) is 7.34. The number of allylic oxidation sites excluding steroid dienone is 3. The predicted molar refractivity (Wildman–Crippen MR) is 106 cm³/mol. The van der Waals surface area contributed by atoms with E-state index in [1.807, 2.05) is 32.2 Å². The Hall–Kier alpha value is -3.08. The molecule has 4 nitrogen and oxygen atoms in total. The molecular weight excluding hydrogens is 357 g/mol. The minimum Gasteiger partial charge on any atom is -0.461 e. The molecule has 0 radical (unpaired) electrons. The maximum absolute atomic E-state index is 12.8. The molecule has 0 aromatic heterocycles. The number of benzene rings is 2. The van der Waals surface area contributed by atoms with E-state index in [2.05, 4.69) is 35.4 Å². The normalized spacial score (nSPS) is 20.1. The first kappa shape index (κ1) is 18.3. The summed E-state index contributed by atoms with van der Waals surface area (Å²) in [7, 11) is 1.87. The number of carbonyl (C=O) groups is 1. The fourth-order valence-corrected chi connectivity index (χ4v) is 4.21. The van der Waals surface area contributed by atoms with E-state index in [1.54, 1.807) is 12.1 Å². The van der Waals surface area contributed by atoms with Crippen LogP contribution in [0.2, 0.25) is 0 Å². The standard InChI is InChI=1S/C23H22FNO3/c1-13-8-9-20-17(10-13)22(15-6-4-5-7-16(15)23(26)28-24)18-11-14(2)19(25-3)12-21(18)27-20/h4-7,9-12,17,22,25H,8H2,1-3H3. The first-order valence-electron chi connectivity index (χ1n) is 9.32. The number of fused-ring (bicyclic) bond motifs is 2. The number of carbonyl (C=O) groups excluding carboxylic acids is 1. The second kappa shape index (κ2) is 7.15. The van der Waals surface area contributed by atoms with Gasteiger partial charge in [-0.05, 0) is 49.6 Å². The fourth-order valence-electron chi connectivity index (χ4n) is 4.21. The summed E-state index contributed by atoms with van der Waals surface area (Å²) in [5.41, 5.74) is 5.23. The molecule has 2 aromatic carbocycles. The molecule has 2 aliphatic rings. The van der Waals surface area contributed by atoms with E-state index in [1.165, 1.54) is 5.57 Å². The summed E-state index contributed by atoms with van der Waals surface area (Å²) in [6, 6.07) is 11.1. The maximum atomic E-state index is 12.8. The van der Waals surface area contributed by atoms with Crippen LogP contribution in [0, 0.1) is 12.8 Å². The smallest absolute Gasteiger partial charge is 0.379 e. The minimum atomic E-state index is -0.978. The first-order chi connectivity index (χ1) is 13.5. The Labute approximate surface area is 163 Å². The molecule has 144 valence electrons. The number of halogens is 1. The Morgan fingerprint density at radius 1 is 1.21 bits per heavy atom. The number of rotatable bonds is 3. The van der Waals surface area contributed by atoms with Gasteiger partial charge in [-0.3, -0.25) is 0 Å². The summed E-state index contributed by atoms with van der Waals surface area (Å²) < 4.78 is 19.0. The molecule has 0 amide bonds. The van der Waals surface area contributed by atoms with Crippen molar-refractivity contribution in [2.24, 2.45) is 5.92 Å². The fraction of sp³-hybridized carbons (Fsp3) is 0.261. The maximum Gasteiger partial charge on any atom is 0.379 e. The summed E-state index contributed by atoms with van der Waals surface area (Å²) in [5.74, 6) is 0.394. The van der Waals surface area contributed by atoms with Gasteiger partial charge < -0.3 is 10.1 Å². The monoisotopic (exact) mass is 379 g/mol. The highest BCUT2D eigenvalue weighted by molar-refractivity contribution is 5.91. The first-order valence-corrected chi connectivity index (χ1v) is 9.32. The van der Waals surface area contributed by atoms with Crippen LogP contribution in [0.5, 0.6) is 5.75 Å². The largest absolute Gasteiger partial charge is 0.461 e. The summed E-state index contributed by atoms with van der Waals surface area (Å²) in [6.45, 7) is 4.11. The van der Waals surface area contributed by atoms with Crippen molar-refractivity contribution in [1.29, 1.82) is 0 Å². The van der Waals surface area contributed by atoms with Gasteiger partial charge >= 0.3 is 5.97 Å². The molecule has 0 fully saturated rings. The zero-order valence-electron chi connectivity index (χ0n) is 16.1. The van der Waals surface area contributed by atoms with Crippen molar-refractivity contribution < 1.29 is 19.0 Å². The van der Waals surface area contributed by atoms with E-state index in [0.29, 0.717) is 0 Å². The summed E-state index contributed by atoms with van der Waals surface area (Å²) >= 11 is 0. The van der Waals surface area contributed by atoms with Crippen LogP contribution in [0.3, 0.4) is 0 Å². The highest BCUT2D eigenvalue weighted by atomic mass is 19.3. The van der Waals surface area contributed by atoms with Gasteiger partial charge in [-0.15, -0.1) is 0 Å². The average Bonchev–Trinajstić information content (AvgIpc) is 2.71. The van der Waals surface area contributed by atoms with E-state index >= 15 is 0 Å². The van der Waals surface area contributed by atoms with Crippen LogP contribution in [0.25, 0.3) is 0 Å². The molecule has 2 aromatic rings. The number of anilines is 1. The Bertz CT molecular complexity index is 1010. The summed E-state index contributed by atoms with van der Waals surface area (Å²) in [6.07, 6.45) is 5.10. The summed E-state index contributed by atoms with van der Waals surface area (Å²) in [5, 5.41) is 3.18. The highest BCUT2D eigenvalue weighted by Gasteiger charge is 2.38. The van der Waals surface area contributed by atoms with Gasteiger partial charge in [0.2, 0.25) is 0 Å². The van der Waals surface area contributed by atoms with E-state index in [0.717, 1.165) is 40.3 Å². The molecule has 0 bridgehead atoms. The number of aryl methyl sites for hydroxylation is 1. The van der Waals surface area contributed by atoms with Gasteiger partial charge in [0.05, 0.1) is 5.56 Å². The third-order valence-corrected chi connectivity index (χ3v) is 5.55. The molecule has 28 heavy (non-hydrogen) atoms. The van der Waals surface area contributed by atoms with E-state index in [4.69, 9.17) is 4.74 Å². The molecule has 1 aliphatic carbocycles. The Morgan fingerprint density at radius 3 is 2.75 bits per heavy atom. The number of hydrogen-bond donors (Lipinski definition) is 1. The number of hydrogen-bond acceptors (Lipinski definition) is 4. The molecule has 1 aliphatic heterocycles. The zero-order valence-corrected chi connectivity index (χ0v) is 16.1. The van der Waals surface area contributed by atoms with Crippen LogP contribution in [0.15, 0.2) is 59.9 Å². The average molecular weight is 379 g/mol. The van der Waals surface area contributed by atoms with Crippen LogP contribution in [-0.4, -0.2) is 13.0 Å². The molecule has 2 unspecified atom stereocenters. The number of ether oxygens (including phenoxy) is 1. The quantitative estimate of drug-likeness (QED) is 0.720. The van der Waals surface area contributed by atoms with Crippen molar-refractivity contribution in [1.82, 2.24) is 0 Å². The van der Waals surface area contributed by atoms with Crippen molar-refractivity contribution in [2.45, 2.75) is 26.2 Å². The van der Waals surface area contributed by atoms with Crippen LogP contribution in [-0.2, 0) is 4.94 Å². The van der Waals surface area contributed by atoms with Gasteiger partial charge in [-0.25, -0.2) is 9.74 Å². The van der Waals surface area contributed by atoms with Crippen molar-refractivity contribution in [3.63, 3.8) is 0 Å². The van der Waals surface area contributed by atoms with Crippen molar-refractivity contribution in [3.05, 3.63) is 82.1 Å².